The maximum atomic E-state index is 13.2. The minimum atomic E-state index is -0.0108. The van der Waals surface area contributed by atoms with Crippen LogP contribution >= 0.6 is 23.1 Å². The van der Waals surface area contributed by atoms with Crippen molar-refractivity contribution in [1.29, 1.82) is 0 Å². The second-order valence-electron chi connectivity index (χ2n) is 6.61. The summed E-state index contributed by atoms with van der Waals surface area (Å²) in [5.41, 5.74) is 1.91. The highest BCUT2D eigenvalue weighted by Gasteiger charge is 2.16. The lowest BCUT2D eigenvalue weighted by molar-refractivity contribution is 0.189. The molecule has 0 spiro atoms. The average Bonchev–Trinajstić information content (AvgIpc) is 3.35. The van der Waals surface area contributed by atoms with Crippen molar-refractivity contribution in [3.05, 3.63) is 64.3 Å². The van der Waals surface area contributed by atoms with E-state index in [0.29, 0.717) is 29.4 Å². The topological polar surface area (TPSA) is 70.2 Å². The fraction of sp³-hybridized carbons (Fsp3) is 0.286. The van der Waals surface area contributed by atoms with E-state index >= 15 is 0 Å². The zero-order valence-corrected chi connectivity index (χ0v) is 17.9. The molecule has 8 heteroatoms. The van der Waals surface area contributed by atoms with Gasteiger partial charge in [0, 0.05) is 37.0 Å². The van der Waals surface area contributed by atoms with Crippen molar-refractivity contribution < 1.29 is 9.26 Å². The molecule has 0 atom stereocenters. The highest BCUT2D eigenvalue weighted by Crippen LogP contribution is 2.32. The predicted molar refractivity (Wildman–Crippen MR) is 117 cm³/mol. The van der Waals surface area contributed by atoms with Gasteiger partial charge in [-0.3, -0.25) is 9.36 Å². The Hall–Kier alpha value is -2.42. The Morgan fingerprint density at radius 2 is 2.07 bits per heavy atom. The van der Waals surface area contributed by atoms with Crippen molar-refractivity contribution in [3.63, 3.8) is 0 Å². The molecule has 150 valence electrons. The molecule has 0 aliphatic carbocycles. The Morgan fingerprint density at radius 3 is 2.79 bits per heavy atom. The Morgan fingerprint density at radius 1 is 1.24 bits per heavy atom. The van der Waals surface area contributed by atoms with E-state index in [4.69, 9.17) is 14.2 Å². The van der Waals surface area contributed by atoms with Gasteiger partial charge >= 0.3 is 0 Å². The normalized spacial score (nSPS) is 11.4. The van der Waals surface area contributed by atoms with Gasteiger partial charge in [-0.1, -0.05) is 47.3 Å². The van der Waals surface area contributed by atoms with Crippen LogP contribution in [0.25, 0.3) is 20.7 Å². The first-order valence-electron chi connectivity index (χ1n) is 9.29. The van der Waals surface area contributed by atoms with Crippen molar-refractivity contribution in [2.45, 2.75) is 30.8 Å². The summed E-state index contributed by atoms with van der Waals surface area (Å²) < 4.78 is 12.1. The highest BCUT2D eigenvalue weighted by molar-refractivity contribution is 7.98. The van der Waals surface area contributed by atoms with Crippen LogP contribution in [0, 0.1) is 6.92 Å². The van der Waals surface area contributed by atoms with E-state index in [1.165, 1.54) is 11.8 Å². The summed E-state index contributed by atoms with van der Waals surface area (Å²) in [6.07, 6.45) is 0.746. The monoisotopic (exact) mass is 427 g/mol. The number of aryl methyl sites for hydroxylation is 1. The Balaban J connectivity index is 1.72. The number of benzene rings is 1. The van der Waals surface area contributed by atoms with E-state index in [-0.39, 0.29) is 5.56 Å². The largest absolute Gasteiger partial charge is 0.385 e. The number of aromatic nitrogens is 3. The van der Waals surface area contributed by atoms with Gasteiger partial charge in [0.05, 0.1) is 11.1 Å². The molecule has 0 aliphatic rings. The molecule has 0 fully saturated rings. The van der Waals surface area contributed by atoms with Gasteiger partial charge in [0.1, 0.15) is 10.6 Å². The molecule has 6 nitrogen and oxygen atoms in total. The second kappa shape index (κ2) is 8.94. The van der Waals surface area contributed by atoms with Crippen molar-refractivity contribution in [2.75, 3.05) is 13.7 Å². The lowest BCUT2D eigenvalue weighted by Gasteiger charge is -2.11. The maximum absolute atomic E-state index is 13.2. The number of fused-ring (bicyclic) bond motifs is 1. The summed E-state index contributed by atoms with van der Waals surface area (Å²) in [5, 5.41) is 5.39. The van der Waals surface area contributed by atoms with Gasteiger partial charge in [0.25, 0.3) is 5.56 Å². The van der Waals surface area contributed by atoms with Crippen LogP contribution in [0.1, 0.15) is 17.9 Å². The third kappa shape index (κ3) is 4.44. The van der Waals surface area contributed by atoms with Crippen molar-refractivity contribution in [3.8, 4) is 10.4 Å². The molecule has 0 amide bonds. The van der Waals surface area contributed by atoms with Crippen LogP contribution in [0.15, 0.2) is 56.9 Å². The van der Waals surface area contributed by atoms with Crippen LogP contribution < -0.4 is 5.56 Å². The number of methoxy groups -OCH3 is 1. The molecule has 0 saturated heterocycles. The van der Waals surface area contributed by atoms with E-state index < -0.39 is 0 Å². The first-order chi connectivity index (χ1) is 14.2. The number of hydrogen-bond acceptors (Lipinski definition) is 7. The van der Waals surface area contributed by atoms with Crippen LogP contribution in [0.2, 0.25) is 0 Å². The minimum Gasteiger partial charge on any atom is -0.385 e. The summed E-state index contributed by atoms with van der Waals surface area (Å²) in [6, 6.07) is 13.9. The molecule has 4 aromatic rings. The van der Waals surface area contributed by atoms with Crippen molar-refractivity contribution in [2.24, 2.45) is 0 Å². The summed E-state index contributed by atoms with van der Waals surface area (Å²) >= 11 is 3.05. The SMILES string of the molecule is COCCCn1c(SCc2cc(C)on2)nc2sc(-c3ccccc3)cc2c1=O. The van der Waals surface area contributed by atoms with Crippen molar-refractivity contribution >= 4 is 33.3 Å². The van der Waals surface area contributed by atoms with Gasteiger partial charge in [-0.2, -0.15) is 0 Å². The molecule has 0 unspecified atom stereocenters. The summed E-state index contributed by atoms with van der Waals surface area (Å²) in [6.45, 7) is 3.02. The summed E-state index contributed by atoms with van der Waals surface area (Å²) in [7, 11) is 1.66. The molecule has 0 bridgehead atoms. The second-order valence-corrected chi connectivity index (χ2v) is 8.58. The van der Waals surface area contributed by atoms with E-state index in [2.05, 4.69) is 5.16 Å². The zero-order chi connectivity index (χ0) is 20.2. The quantitative estimate of drug-likeness (QED) is 0.230. The van der Waals surface area contributed by atoms with Gasteiger partial charge in [-0.05, 0) is 25.0 Å². The maximum Gasteiger partial charge on any atom is 0.262 e. The average molecular weight is 428 g/mol. The fourth-order valence-corrected chi connectivity index (χ4v) is 5.02. The number of thioether (sulfide) groups is 1. The Bertz CT molecular complexity index is 1170. The summed E-state index contributed by atoms with van der Waals surface area (Å²) in [5.74, 6) is 1.36. The molecule has 3 heterocycles. The molecule has 0 N–H and O–H groups in total. The number of nitrogens with zero attached hydrogens (tertiary/aromatic N) is 3. The molecule has 0 radical (unpaired) electrons. The molecular formula is C21H21N3O3S2. The van der Waals surface area contributed by atoms with E-state index in [1.807, 2.05) is 49.4 Å². The standard InChI is InChI=1S/C21H21N3O3S2/c1-14-11-16(23-27-14)13-28-21-22-19-17(20(25)24(21)9-6-10-26-2)12-18(29-19)15-7-4-3-5-8-15/h3-5,7-8,11-12H,6,9-10,13H2,1-2H3. The predicted octanol–water partition coefficient (Wildman–Crippen LogP) is 4.75. The van der Waals surface area contributed by atoms with Gasteiger partial charge < -0.3 is 9.26 Å². The van der Waals surface area contributed by atoms with Crippen LogP contribution in [0.3, 0.4) is 0 Å². The zero-order valence-electron chi connectivity index (χ0n) is 16.3. The van der Waals surface area contributed by atoms with E-state index in [1.54, 1.807) is 23.0 Å². The van der Waals surface area contributed by atoms with Crippen LogP contribution in [-0.2, 0) is 17.0 Å². The molecule has 0 aliphatic heterocycles. The number of rotatable bonds is 8. The van der Waals surface area contributed by atoms with Gasteiger partial charge in [-0.25, -0.2) is 4.98 Å². The smallest absolute Gasteiger partial charge is 0.262 e. The van der Waals surface area contributed by atoms with Gasteiger partial charge in [0.2, 0.25) is 0 Å². The van der Waals surface area contributed by atoms with Crippen molar-refractivity contribution in [1.82, 2.24) is 14.7 Å². The van der Waals surface area contributed by atoms with E-state index in [0.717, 1.165) is 33.1 Å². The number of ether oxygens (including phenoxy) is 1. The molecule has 3 aromatic heterocycles. The first-order valence-corrected chi connectivity index (χ1v) is 11.1. The van der Waals surface area contributed by atoms with Gasteiger partial charge in [0.15, 0.2) is 5.16 Å². The van der Waals surface area contributed by atoms with Crippen LogP contribution in [0.4, 0.5) is 0 Å². The molecule has 4 rings (SSSR count). The number of thiophene rings is 1. The third-order valence-electron chi connectivity index (χ3n) is 4.43. The lowest BCUT2D eigenvalue weighted by Crippen LogP contribution is -2.23. The van der Waals surface area contributed by atoms with Gasteiger partial charge in [-0.15, -0.1) is 11.3 Å². The number of hydrogen-bond donors (Lipinski definition) is 0. The van der Waals surface area contributed by atoms with E-state index in [9.17, 15) is 4.79 Å². The third-order valence-corrected chi connectivity index (χ3v) is 6.52. The first kappa shape index (κ1) is 19.9. The van der Waals surface area contributed by atoms with Crippen LogP contribution in [-0.4, -0.2) is 28.4 Å². The molecule has 0 saturated carbocycles. The molecule has 29 heavy (non-hydrogen) atoms. The Labute approximate surface area is 176 Å². The molecule has 1 aromatic carbocycles. The van der Waals surface area contributed by atoms with Crippen LogP contribution in [0.5, 0.6) is 0 Å². The Kier molecular flexibility index (Phi) is 6.13. The fourth-order valence-electron chi connectivity index (χ4n) is 3.04. The minimum absolute atomic E-state index is 0.0108. The summed E-state index contributed by atoms with van der Waals surface area (Å²) in [4.78, 5) is 19.9. The lowest BCUT2D eigenvalue weighted by atomic mass is 10.2. The molecular weight excluding hydrogens is 406 g/mol. The highest BCUT2D eigenvalue weighted by atomic mass is 32.2.